The van der Waals surface area contributed by atoms with Crippen LogP contribution in [0.15, 0.2) is 85.1 Å². The van der Waals surface area contributed by atoms with Gasteiger partial charge in [-0.1, -0.05) is 150 Å². The molecule has 3 atom stereocenters. The Labute approximate surface area is 350 Å². The third kappa shape index (κ3) is 39.5. The van der Waals surface area contributed by atoms with E-state index in [1.54, 1.807) is 0 Å². The number of carbonyl (C=O) groups is 3. The molecule has 12 heteroatoms. The Kier molecular flexibility index (Phi) is 38.1. The molecule has 0 saturated heterocycles. The quantitative estimate of drug-likeness (QED) is 0.0233. The smallest absolute Gasteiger partial charge is 0.472 e. The summed E-state index contributed by atoms with van der Waals surface area (Å²) >= 11 is 0. The van der Waals surface area contributed by atoms with Gasteiger partial charge in [0.15, 0.2) is 6.10 Å². The van der Waals surface area contributed by atoms with E-state index in [1.807, 2.05) is 18.2 Å². The topological polar surface area (TPSA) is 172 Å². The van der Waals surface area contributed by atoms with Crippen LogP contribution in [0.3, 0.4) is 0 Å². The first-order valence-electron chi connectivity index (χ1n) is 21.6. The maximum atomic E-state index is 12.6. The van der Waals surface area contributed by atoms with E-state index in [9.17, 15) is 23.8 Å². The maximum Gasteiger partial charge on any atom is 0.472 e. The van der Waals surface area contributed by atoms with Gasteiger partial charge < -0.3 is 25.2 Å². The van der Waals surface area contributed by atoms with E-state index in [0.717, 1.165) is 70.6 Å². The first-order valence-corrected chi connectivity index (χ1v) is 23.1. The molecule has 0 aliphatic heterocycles. The van der Waals surface area contributed by atoms with Crippen molar-refractivity contribution in [1.82, 2.24) is 0 Å². The number of hydrogen-bond acceptors (Lipinski definition) is 9. The first-order chi connectivity index (χ1) is 28.1. The molecule has 0 radical (unpaired) electrons. The van der Waals surface area contributed by atoms with Crippen molar-refractivity contribution in [3.05, 3.63) is 85.1 Å². The van der Waals surface area contributed by atoms with Crippen LogP contribution in [0.2, 0.25) is 0 Å². The van der Waals surface area contributed by atoms with Gasteiger partial charge in [0.25, 0.3) is 0 Å². The summed E-state index contributed by atoms with van der Waals surface area (Å²) in [6.45, 7) is 2.58. The van der Waals surface area contributed by atoms with Gasteiger partial charge in [-0.3, -0.25) is 23.4 Å². The zero-order chi connectivity index (χ0) is 42.8. The van der Waals surface area contributed by atoms with Crippen molar-refractivity contribution in [2.75, 3.05) is 19.8 Å². The normalized spacial score (nSPS) is 14.6. The number of phosphoric ester groups is 1. The van der Waals surface area contributed by atoms with E-state index < -0.39 is 51.1 Å². The molecule has 0 amide bonds. The van der Waals surface area contributed by atoms with Gasteiger partial charge in [0.05, 0.1) is 13.2 Å². The molecule has 330 valence electrons. The summed E-state index contributed by atoms with van der Waals surface area (Å²) in [4.78, 5) is 45.9. The van der Waals surface area contributed by atoms with Crippen LogP contribution in [-0.2, 0) is 37.5 Å². The predicted molar refractivity (Wildman–Crippen MR) is 235 cm³/mol. The summed E-state index contributed by atoms with van der Waals surface area (Å²) in [6.07, 6.45) is 49.5. The number of allylic oxidation sites excluding steroid dienone is 14. The van der Waals surface area contributed by atoms with E-state index >= 15 is 0 Å². The minimum absolute atomic E-state index is 0.0300. The molecule has 0 fully saturated rings. The largest absolute Gasteiger partial charge is 0.480 e. The Balaban J connectivity index is 4.53. The second-order valence-corrected chi connectivity index (χ2v) is 15.5. The van der Waals surface area contributed by atoms with E-state index in [1.165, 1.54) is 38.5 Å². The summed E-state index contributed by atoms with van der Waals surface area (Å²) < 4.78 is 32.6. The highest BCUT2D eigenvalue weighted by atomic mass is 31.2. The van der Waals surface area contributed by atoms with Crippen molar-refractivity contribution in [2.24, 2.45) is 5.73 Å². The van der Waals surface area contributed by atoms with Crippen molar-refractivity contribution in [3.8, 4) is 0 Å². The minimum atomic E-state index is -4.74. The number of phosphoric acid groups is 1. The number of carbonyl (C=O) groups excluding carboxylic acids is 2. The van der Waals surface area contributed by atoms with Crippen LogP contribution in [0, 0.1) is 0 Å². The lowest BCUT2D eigenvalue weighted by atomic mass is 10.1. The van der Waals surface area contributed by atoms with Crippen LogP contribution >= 0.6 is 7.82 Å². The van der Waals surface area contributed by atoms with Crippen molar-refractivity contribution in [1.29, 1.82) is 0 Å². The second-order valence-electron chi connectivity index (χ2n) is 14.1. The van der Waals surface area contributed by atoms with Crippen LogP contribution in [0.25, 0.3) is 0 Å². The number of aliphatic carboxylic acids is 1. The lowest BCUT2D eigenvalue weighted by Gasteiger charge is -2.20. The average Bonchev–Trinajstić information content (AvgIpc) is 3.20. The molecule has 0 aromatic carbocycles. The molecule has 0 aliphatic carbocycles. The van der Waals surface area contributed by atoms with Gasteiger partial charge in [0.2, 0.25) is 0 Å². The number of carboxylic acid groups (broad SMARTS) is 1. The minimum Gasteiger partial charge on any atom is -0.480 e. The van der Waals surface area contributed by atoms with E-state index in [-0.39, 0.29) is 19.4 Å². The third-order valence-corrected chi connectivity index (χ3v) is 9.59. The van der Waals surface area contributed by atoms with Gasteiger partial charge in [-0.2, -0.15) is 0 Å². The lowest BCUT2D eigenvalue weighted by molar-refractivity contribution is -0.161. The molecule has 0 rings (SSSR count). The van der Waals surface area contributed by atoms with E-state index in [2.05, 4.69) is 85.2 Å². The zero-order valence-corrected chi connectivity index (χ0v) is 36.5. The van der Waals surface area contributed by atoms with Gasteiger partial charge in [0, 0.05) is 12.8 Å². The molecule has 3 unspecified atom stereocenters. The fourth-order valence-corrected chi connectivity index (χ4v) is 6.04. The Hall–Kier alpha value is -3.34. The van der Waals surface area contributed by atoms with Crippen molar-refractivity contribution in [2.45, 2.75) is 167 Å². The monoisotopic (exact) mass is 834 g/mol. The number of ether oxygens (including phenoxy) is 2. The zero-order valence-electron chi connectivity index (χ0n) is 35.6. The van der Waals surface area contributed by atoms with Gasteiger partial charge in [-0.15, -0.1) is 0 Å². The SMILES string of the molecule is CCC=CCC=CCC=CCC=CCC=CCC=CCCC(=O)OC(COC(=O)CCCCCCCC=CCCCCCCCC)COP(=O)(O)OCC(N)C(=O)O. The number of carboxylic acids is 1. The van der Waals surface area contributed by atoms with Crippen LogP contribution in [0.4, 0.5) is 0 Å². The van der Waals surface area contributed by atoms with Crippen molar-refractivity contribution >= 4 is 25.7 Å². The summed E-state index contributed by atoms with van der Waals surface area (Å²) in [5.74, 6) is -2.51. The summed E-state index contributed by atoms with van der Waals surface area (Å²) in [5.41, 5.74) is 5.32. The van der Waals surface area contributed by atoms with E-state index in [4.69, 9.17) is 24.8 Å². The van der Waals surface area contributed by atoms with E-state index in [0.29, 0.717) is 19.3 Å². The standard InChI is InChI=1S/C46H76NO10P/c1-3-5-7-9-11-13-15-17-19-20-21-22-24-26-28-30-32-34-36-38-45(49)57-42(40-55-58(52,53)56-41-43(47)46(50)51)39-54-44(48)37-35-33-31-29-27-25-23-18-16-14-12-10-8-6-4-2/h5,7,11,13,17-19,21-23,26,28,32,34,42-43H,3-4,6,8-10,12,14-16,20,24-25,27,29-31,33,35-41,47H2,1-2H3,(H,50,51)(H,52,53). The van der Waals surface area contributed by atoms with Gasteiger partial charge in [0.1, 0.15) is 12.6 Å². The molecule has 0 aromatic rings. The van der Waals surface area contributed by atoms with Crippen molar-refractivity contribution in [3.63, 3.8) is 0 Å². The Morgan fingerprint density at radius 3 is 1.52 bits per heavy atom. The van der Waals surface area contributed by atoms with Crippen LogP contribution in [0.1, 0.15) is 155 Å². The summed E-state index contributed by atoms with van der Waals surface area (Å²) in [6, 6.07) is -1.54. The van der Waals surface area contributed by atoms with Gasteiger partial charge in [-0.25, -0.2) is 4.57 Å². The highest BCUT2D eigenvalue weighted by molar-refractivity contribution is 7.47. The molecular weight excluding hydrogens is 757 g/mol. The summed E-state index contributed by atoms with van der Waals surface area (Å²) in [7, 11) is -4.74. The molecule has 11 nitrogen and oxygen atoms in total. The number of esters is 2. The number of hydrogen-bond donors (Lipinski definition) is 3. The van der Waals surface area contributed by atoms with Crippen LogP contribution in [-0.4, -0.2) is 59.9 Å². The second kappa shape index (κ2) is 40.4. The molecular formula is C46H76NO10P. The molecule has 0 bridgehead atoms. The van der Waals surface area contributed by atoms with Crippen molar-refractivity contribution < 1.29 is 47.5 Å². The first kappa shape index (κ1) is 54.7. The maximum absolute atomic E-state index is 12.6. The van der Waals surface area contributed by atoms with Gasteiger partial charge in [-0.05, 0) is 77.0 Å². The fourth-order valence-electron chi connectivity index (χ4n) is 5.26. The molecule has 0 aromatic heterocycles. The molecule has 58 heavy (non-hydrogen) atoms. The highest BCUT2D eigenvalue weighted by Gasteiger charge is 2.28. The number of unbranched alkanes of at least 4 members (excludes halogenated alkanes) is 11. The summed E-state index contributed by atoms with van der Waals surface area (Å²) in [5, 5.41) is 8.89. The predicted octanol–water partition coefficient (Wildman–Crippen LogP) is 11.5. The Morgan fingerprint density at radius 2 is 1.00 bits per heavy atom. The number of rotatable bonds is 39. The Morgan fingerprint density at radius 1 is 0.552 bits per heavy atom. The lowest BCUT2D eigenvalue weighted by Crippen LogP contribution is -2.34. The molecule has 0 spiro atoms. The third-order valence-electron chi connectivity index (χ3n) is 8.64. The fraction of sp³-hybridized carbons (Fsp3) is 0.630. The highest BCUT2D eigenvalue weighted by Crippen LogP contribution is 2.43. The molecule has 0 aliphatic rings. The van der Waals surface area contributed by atoms with Crippen LogP contribution in [0.5, 0.6) is 0 Å². The molecule has 0 heterocycles. The van der Waals surface area contributed by atoms with Crippen LogP contribution < -0.4 is 5.73 Å². The molecule has 0 saturated carbocycles. The molecule has 4 N–H and O–H groups in total. The van der Waals surface area contributed by atoms with Gasteiger partial charge >= 0.3 is 25.7 Å². The average molecular weight is 834 g/mol. The number of nitrogens with two attached hydrogens (primary N) is 1. The Bertz CT molecular complexity index is 1300.